The van der Waals surface area contributed by atoms with E-state index in [1.54, 1.807) is 0 Å². The highest BCUT2D eigenvalue weighted by Crippen LogP contribution is 2.43. The molecule has 1 saturated carbocycles. The fourth-order valence-electron chi connectivity index (χ4n) is 3.68. The van der Waals surface area contributed by atoms with Gasteiger partial charge >= 0.3 is 0 Å². The van der Waals surface area contributed by atoms with Crippen LogP contribution in [0, 0.1) is 5.92 Å². The smallest absolute Gasteiger partial charge is 0.137 e. The van der Waals surface area contributed by atoms with Crippen LogP contribution < -0.4 is 5.32 Å². The van der Waals surface area contributed by atoms with E-state index in [0.717, 1.165) is 18.2 Å². The molecule has 4 heteroatoms. The highest BCUT2D eigenvalue weighted by molar-refractivity contribution is 5.40. The third-order valence-electron chi connectivity index (χ3n) is 4.73. The molecule has 0 spiro atoms. The first-order valence-electron chi connectivity index (χ1n) is 7.71. The number of imidazole rings is 1. The van der Waals surface area contributed by atoms with E-state index in [-0.39, 0.29) is 0 Å². The van der Waals surface area contributed by atoms with Crippen LogP contribution in [0.25, 0.3) is 5.65 Å². The number of pyridine rings is 1. The molecule has 0 bridgehead atoms. The first kappa shape index (κ1) is 12.4. The summed E-state index contributed by atoms with van der Waals surface area (Å²) in [6.45, 7) is 2.32. The van der Waals surface area contributed by atoms with Gasteiger partial charge in [0.2, 0.25) is 0 Å². The van der Waals surface area contributed by atoms with E-state index in [9.17, 15) is 0 Å². The molecular formula is C16H22N4. The second kappa shape index (κ2) is 4.86. The molecular weight excluding hydrogens is 248 g/mol. The van der Waals surface area contributed by atoms with Gasteiger partial charge in [-0.1, -0.05) is 6.07 Å². The lowest BCUT2D eigenvalue weighted by atomic mass is 9.98. The first-order valence-corrected chi connectivity index (χ1v) is 7.71. The Morgan fingerprint density at radius 2 is 2.20 bits per heavy atom. The van der Waals surface area contributed by atoms with E-state index < -0.39 is 0 Å². The Balaban J connectivity index is 1.71. The highest BCUT2D eigenvalue weighted by atomic mass is 15.3. The minimum absolute atomic E-state index is 0.495. The summed E-state index contributed by atoms with van der Waals surface area (Å²) in [4.78, 5) is 7.58. The van der Waals surface area contributed by atoms with Gasteiger partial charge in [0.1, 0.15) is 5.65 Å². The van der Waals surface area contributed by atoms with Crippen molar-refractivity contribution in [1.82, 2.24) is 19.6 Å². The Hall–Kier alpha value is -1.39. The zero-order valence-corrected chi connectivity index (χ0v) is 12.0. The lowest BCUT2D eigenvalue weighted by molar-refractivity contribution is 0.213. The van der Waals surface area contributed by atoms with E-state index in [0.29, 0.717) is 12.0 Å². The van der Waals surface area contributed by atoms with Crippen molar-refractivity contribution >= 4 is 5.65 Å². The minimum atomic E-state index is 0.495. The van der Waals surface area contributed by atoms with E-state index in [1.807, 2.05) is 0 Å². The van der Waals surface area contributed by atoms with Crippen LogP contribution >= 0.6 is 0 Å². The minimum Gasteiger partial charge on any atom is -0.319 e. The topological polar surface area (TPSA) is 32.6 Å². The summed E-state index contributed by atoms with van der Waals surface area (Å²) in [6.07, 6.45) is 8.35. The maximum Gasteiger partial charge on any atom is 0.137 e. The van der Waals surface area contributed by atoms with Gasteiger partial charge in [-0.25, -0.2) is 4.98 Å². The van der Waals surface area contributed by atoms with Crippen molar-refractivity contribution in [2.24, 2.45) is 5.92 Å². The van der Waals surface area contributed by atoms with Crippen molar-refractivity contribution in [3.05, 3.63) is 36.3 Å². The third-order valence-corrected chi connectivity index (χ3v) is 4.73. The quantitative estimate of drug-likeness (QED) is 0.923. The second-order valence-corrected chi connectivity index (χ2v) is 6.15. The fourth-order valence-corrected chi connectivity index (χ4v) is 3.68. The number of hydrogen-bond acceptors (Lipinski definition) is 3. The molecule has 2 aromatic heterocycles. The molecule has 2 atom stereocenters. The summed E-state index contributed by atoms with van der Waals surface area (Å²) in [5.41, 5.74) is 2.31. The summed E-state index contributed by atoms with van der Waals surface area (Å²) >= 11 is 0. The molecule has 2 unspecified atom stereocenters. The summed E-state index contributed by atoms with van der Waals surface area (Å²) in [6, 6.07) is 7.52. The highest BCUT2D eigenvalue weighted by Gasteiger charge is 2.43. The molecule has 4 nitrogen and oxygen atoms in total. The number of hydrogen-bond donors (Lipinski definition) is 1. The van der Waals surface area contributed by atoms with Gasteiger partial charge in [0.25, 0.3) is 0 Å². The summed E-state index contributed by atoms with van der Waals surface area (Å²) < 4.78 is 2.15. The predicted octanol–water partition coefficient (Wildman–Crippen LogP) is 2.08. The average molecular weight is 270 g/mol. The van der Waals surface area contributed by atoms with Crippen LogP contribution in [0.4, 0.5) is 0 Å². The Kier molecular flexibility index (Phi) is 3.00. The molecule has 2 aliphatic rings. The van der Waals surface area contributed by atoms with Gasteiger partial charge < -0.3 is 9.72 Å². The van der Waals surface area contributed by atoms with Crippen LogP contribution in [-0.4, -0.2) is 40.5 Å². The van der Waals surface area contributed by atoms with Crippen LogP contribution in [-0.2, 0) is 0 Å². The molecule has 2 fully saturated rings. The van der Waals surface area contributed by atoms with Crippen molar-refractivity contribution in [3.8, 4) is 0 Å². The molecule has 20 heavy (non-hydrogen) atoms. The molecule has 0 radical (unpaired) electrons. The Labute approximate surface area is 119 Å². The maximum absolute atomic E-state index is 4.88. The van der Waals surface area contributed by atoms with Crippen molar-refractivity contribution in [2.45, 2.75) is 31.3 Å². The van der Waals surface area contributed by atoms with Gasteiger partial charge in [-0.2, -0.15) is 0 Å². The number of aromatic nitrogens is 2. The fraction of sp³-hybridized carbons (Fsp3) is 0.562. The van der Waals surface area contributed by atoms with Crippen molar-refractivity contribution in [1.29, 1.82) is 0 Å². The number of likely N-dealkylation sites (tertiary alicyclic amines) is 1. The Morgan fingerprint density at radius 1 is 1.30 bits per heavy atom. The molecule has 106 valence electrons. The molecule has 1 aliphatic carbocycles. The largest absolute Gasteiger partial charge is 0.319 e. The predicted molar refractivity (Wildman–Crippen MR) is 79.7 cm³/mol. The van der Waals surface area contributed by atoms with Crippen molar-refractivity contribution < 1.29 is 0 Å². The third kappa shape index (κ3) is 2.03. The molecule has 4 rings (SSSR count). The van der Waals surface area contributed by atoms with Gasteiger partial charge in [0.05, 0.1) is 11.7 Å². The number of rotatable bonds is 4. The standard InChI is InChI=1S/C16H22N4/c1-17-10-12-7-9-20(13-5-6-13)16(12)14-11-19-8-3-2-4-15(19)18-14/h2-4,8,11-13,16-17H,5-7,9-10H2,1H3. The average Bonchev–Trinajstić information content (AvgIpc) is 3.08. The second-order valence-electron chi connectivity index (χ2n) is 6.15. The van der Waals surface area contributed by atoms with Gasteiger partial charge in [-0.15, -0.1) is 0 Å². The summed E-state index contributed by atoms with van der Waals surface area (Å²) in [7, 11) is 2.06. The number of fused-ring (bicyclic) bond motifs is 1. The number of nitrogens with zero attached hydrogens (tertiary/aromatic N) is 3. The summed E-state index contributed by atoms with van der Waals surface area (Å²) in [5.74, 6) is 0.686. The zero-order chi connectivity index (χ0) is 13.5. The van der Waals surface area contributed by atoms with Crippen molar-refractivity contribution in [2.75, 3.05) is 20.1 Å². The van der Waals surface area contributed by atoms with Crippen LogP contribution in [0.2, 0.25) is 0 Å². The molecule has 2 aromatic rings. The van der Waals surface area contributed by atoms with Crippen LogP contribution in [0.5, 0.6) is 0 Å². The Morgan fingerprint density at radius 3 is 2.95 bits per heavy atom. The van der Waals surface area contributed by atoms with Gasteiger partial charge in [-0.05, 0) is 57.5 Å². The van der Waals surface area contributed by atoms with E-state index in [1.165, 1.54) is 31.5 Å². The first-order chi connectivity index (χ1) is 9.86. The lowest BCUT2D eigenvalue weighted by Gasteiger charge is -2.26. The lowest BCUT2D eigenvalue weighted by Crippen LogP contribution is -2.31. The molecule has 1 saturated heterocycles. The SMILES string of the molecule is CNCC1CCN(C2CC2)C1c1cn2ccccc2n1. The van der Waals surface area contributed by atoms with Gasteiger partial charge in [-0.3, -0.25) is 4.90 Å². The van der Waals surface area contributed by atoms with Crippen LogP contribution in [0.3, 0.4) is 0 Å². The number of nitrogens with one attached hydrogen (secondary N) is 1. The van der Waals surface area contributed by atoms with Crippen molar-refractivity contribution in [3.63, 3.8) is 0 Å². The zero-order valence-electron chi connectivity index (χ0n) is 12.0. The summed E-state index contributed by atoms with van der Waals surface area (Å²) in [5, 5.41) is 3.36. The van der Waals surface area contributed by atoms with E-state index in [2.05, 4.69) is 52.3 Å². The molecule has 1 aliphatic heterocycles. The van der Waals surface area contributed by atoms with Gasteiger partial charge in [0.15, 0.2) is 0 Å². The van der Waals surface area contributed by atoms with E-state index in [4.69, 9.17) is 4.98 Å². The monoisotopic (exact) mass is 270 g/mol. The van der Waals surface area contributed by atoms with E-state index >= 15 is 0 Å². The van der Waals surface area contributed by atoms with Crippen LogP contribution in [0.1, 0.15) is 31.0 Å². The molecule has 0 aromatic carbocycles. The van der Waals surface area contributed by atoms with Gasteiger partial charge in [0, 0.05) is 18.4 Å². The molecule has 0 amide bonds. The molecule has 3 heterocycles. The molecule has 1 N–H and O–H groups in total. The maximum atomic E-state index is 4.88. The normalized spacial score (nSPS) is 27.4. The van der Waals surface area contributed by atoms with Crippen LogP contribution in [0.15, 0.2) is 30.6 Å². The Bertz CT molecular complexity index is 568.